The summed E-state index contributed by atoms with van der Waals surface area (Å²) >= 11 is 11.8. The van der Waals surface area contributed by atoms with E-state index < -0.39 is 15.4 Å². The molecule has 0 aromatic heterocycles. The van der Waals surface area contributed by atoms with Gasteiger partial charge in [0.2, 0.25) is 5.91 Å². The van der Waals surface area contributed by atoms with Gasteiger partial charge in [0.15, 0.2) is 0 Å². The minimum Gasteiger partial charge on any atom is -0.326 e. The molecule has 150 valence electrons. The summed E-state index contributed by atoms with van der Waals surface area (Å²) in [5.41, 5.74) is 1.11. The molecule has 0 heterocycles. The van der Waals surface area contributed by atoms with Crippen LogP contribution < -0.4 is 10.1 Å². The van der Waals surface area contributed by atoms with Gasteiger partial charge in [-0.2, -0.15) is 18.4 Å². The monoisotopic (exact) mass is 441 g/mol. The van der Waals surface area contributed by atoms with Crippen molar-refractivity contribution in [3.63, 3.8) is 0 Å². The molecule has 6 nitrogen and oxygen atoms in total. The van der Waals surface area contributed by atoms with E-state index in [0.29, 0.717) is 17.0 Å². The van der Waals surface area contributed by atoms with Crippen molar-refractivity contribution < 1.29 is 13.2 Å². The lowest BCUT2D eigenvalue weighted by Crippen LogP contribution is -2.27. The molecule has 0 unspecified atom stereocenters. The van der Waals surface area contributed by atoms with Crippen LogP contribution >= 0.6 is 23.2 Å². The third-order valence-corrected chi connectivity index (χ3v) is 5.66. The van der Waals surface area contributed by atoms with Gasteiger partial charge in [0.05, 0.1) is 10.7 Å². The van der Waals surface area contributed by atoms with E-state index in [1.165, 1.54) is 18.2 Å². The van der Waals surface area contributed by atoms with Crippen molar-refractivity contribution in [2.45, 2.75) is 32.6 Å². The molecule has 0 aliphatic heterocycles. The van der Waals surface area contributed by atoms with E-state index in [4.69, 9.17) is 23.2 Å². The van der Waals surface area contributed by atoms with Crippen molar-refractivity contribution in [1.29, 1.82) is 0 Å². The Balaban J connectivity index is 2.23. The highest BCUT2D eigenvalue weighted by Crippen LogP contribution is 2.25. The van der Waals surface area contributed by atoms with Gasteiger partial charge in [0.25, 0.3) is 10.0 Å². The average Bonchev–Trinajstić information content (AvgIpc) is 2.61. The van der Waals surface area contributed by atoms with Crippen LogP contribution in [0.4, 0.5) is 5.69 Å². The van der Waals surface area contributed by atoms with Gasteiger partial charge in [-0.3, -0.25) is 4.79 Å². The largest absolute Gasteiger partial charge is 0.326 e. The average molecular weight is 442 g/mol. The van der Waals surface area contributed by atoms with E-state index >= 15 is 0 Å². The van der Waals surface area contributed by atoms with Crippen molar-refractivity contribution in [3.05, 3.63) is 58.1 Å². The Morgan fingerprint density at radius 1 is 1.07 bits per heavy atom. The predicted octanol–water partition coefficient (Wildman–Crippen LogP) is 4.68. The quantitative estimate of drug-likeness (QED) is 0.521. The van der Waals surface area contributed by atoms with Crippen molar-refractivity contribution in [2.75, 3.05) is 5.32 Å². The number of nitrogens with zero attached hydrogens (tertiary/aromatic N) is 1. The Labute approximate surface area is 175 Å². The van der Waals surface area contributed by atoms with E-state index in [0.717, 1.165) is 0 Å². The fourth-order valence-corrected chi connectivity index (χ4v) is 3.69. The summed E-state index contributed by atoms with van der Waals surface area (Å²) in [5, 5.41) is 7.05. The van der Waals surface area contributed by atoms with Crippen molar-refractivity contribution in [2.24, 2.45) is 10.5 Å². The molecule has 2 aromatic carbocycles. The minimum atomic E-state index is -3.99. The van der Waals surface area contributed by atoms with E-state index in [-0.39, 0.29) is 20.8 Å². The van der Waals surface area contributed by atoms with Gasteiger partial charge < -0.3 is 5.32 Å². The molecule has 0 atom stereocenters. The number of nitrogens with one attached hydrogen (secondary N) is 2. The highest BCUT2D eigenvalue weighted by molar-refractivity contribution is 7.89. The number of sulfonamides is 1. The molecule has 0 saturated carbocycles. The van der Waals surface area contributed by atoms with Crippen molar-refractivity contribution >= 4 is 50.5 Å². The topological polar surface area (TPSA) is 87.6 Å². The molecule has 0 spiro atoms. The van der Waals surface area contributed by atoms with E-state index in [1.807, 2.05) is 20.8 Å². The van der Waals surface area contributed by atoms with E-state index in [9.17, 15) is 13.2 Å². The van der Waals surface area contributed by atoms with E-state index in [1.54, 1.807) is 31.2 Å². The van der Waals surface area contributed by atoms with Crippen LogP contribution in [0.25, 0.3) is 0 Å². The Bertz CT molecular complexity index is 1030. The summed E-state index contributed by atoms with van der Waals surface area (Å²) in [6.07, 6.45) is 0. The first kappa shape index (κ1) is 22.2. The fraction of sp³-hybridized carbons (Fsp3) is 0.263. The second-order valence-electron chi connectivity index (χ2n) is 7.15. The summed E-state index contributed by atoms with van der Waals surface area (Å²) < 4.78 is 24.9. The summed E-state index contributed by atoms with van der Waals surface area (Å²) in [7, 11) is -3.99. The number of carbonyl (C=O) groups is 1. The fourth-order valence-electron chi connectivity index (χ4n) is 2.07. The maximum Gasteiger partial charge on any atom is 0.278 e. The molecule has 0 aliphatic carbocycles. The zero-order chi connectivity index (χ0) is 21.1. The van der Waals surface area contributed by atoms with Crippen LogP contribution in [-0.2, 0) is 14.8 Å². The van der Waals surface area contributed by atoms with Crippen LogP contribution in [0, 0.1) is 5.41 Å². The minimum absolute atomic E-state index is 0.0386. The highest BCUT2D eigenvalue weighted by atomic mass is 35.5. The molecule has 0 fully saturated rings. The first-order valence-corrected chi connectivity index (χ1v) is 10.6. The summed E-state index contributed by atoms with van der Waals surface area (Å²) in [5.74, 6) is -0.129. The molecule has 0 bridgehead atoms. The number of anilines is 1. The molecule has 2 aromatic rings. The lowest BCUT2D eigenvalue weighted by Gasteiger charge is -2.18. The molecule has 2 rings (SSSR count). The zero-order valence-electron chi connectivity index (χ0n) is 15.9. The van der Waals surface area contributed by atoms with Crippen molar-refractivity contribution in [1.82, 2.24) is 4.83 Å². The van der Waals surface area contributed by atoms with Gasteiger partial charge in [0.1, 0.15) is 4.90 Å². The maximum absolute atomic E-state index is 12.4. The van der Waals surface area contributed by atoms with Gasteiger partial charge in [-0.05, 0) is 42.8 Å². The number of amides is 1. The number of carbonyl (C=O) groups excluding carboxylic acids is 1. The van der Waals surface area contributed by atoms with E-state index in [2.05, 4.69) is 15.2 Å². The second-order valence-corrected chi connectivity index (χ2v) is 9.62. The van der Waals surface area contributed by atoms with Gasteiger partial charge in [0, 0.05) is 16.1 Å². The number of benzene rings is 2. The first-order valence-electron chi connectivity index (χ1n) is 8.33. The van der Waals surface area contributed by atoms with Gasteiger partial charge in [-0.1, -0.05) is 56.1 Å². The normalized spacial score (nSPS) is 12.6. The maximum atomic E-state index is 12.4. The molecule has 0 radical (unpaired) electrons. The molecule has 9 heteroatoms. The van der Waals surface area contributed by atoms with Gasteiger partial charge in [-0.15, -0.1) is 0 Å². The Hall–Kier alpha value is -2.09. The number of hydrogen-bond acceptors (Lipinski definition) is 4. The summed E-state index contributed by atoms with van der Waals surface area (Å²) in [6, 6.07) is 11.1. The number of hydrazone groups is 1. The highest BCUT2D eigenvalue weighted by Gasteiger charge is 2.21. The molecule has 0 saturated heterocycles. The Kier molecular flexibility index (Phi) is 6.75. The summed E-state index contributed by atoms with van der Waals surface area (Å²) in [4.78, 5) is 14.1. The molecule has 0 aliphatic rings. The number of halogens is 2. The van der Waals surface area contributed by atoms with Crippen molar-refractivity contribution in [3.8, 4) is 0 Å². The molecule has 2 N–H and O–H groups in total. The molecular formula is C19H21Cl2N3O3S. The Morgan fingerprint density at radius 2 is 1.75 bits per heavy atom. The number of hydrogen-bond donors (Lipinski definition) is 2. The van der Waals surface area contributed by atoms with Crippen LogP contribution in [0.1, 0.15) is 33.3 Å². The third kappa shape index (κ3) is 5.70. The standard InChI is InChI=1S/C19H21Cl2N3O3S/c1-12(13-6-5-7-15(10-13)22-18(25)19(2,3)4)23-24-28(26,27)17-11-14(20)8-9-16(17)21/h5-11,24H,1-4H3,(H,22,25)/b23-12+. The third-order valence-electron chi connectivity index (χ3n) is 3.74. The number of rotatable bonds is 5. The molecule has 1 amide bonds. The van der Waals surface area contributed by atoms with Crippen LogP contribution in [0.3, 0.4) is 0 Å². The van der Waals surface area contributed by atoms with Crippen LogP contribution in [0.5, 0.6) is 0 Å². The van der Waals surface area contributed by atoms with Crippen LogP contribution in [-0.4, -0.2) is 20.0 Å². The lowest BCUT2D eigenvalue weighted by atomic mass is 9.95. The van der Waals surface area contributed by atoms with Crippen LogP contribution in [0.2, 0.25) is 10.0 Å². The van der Waals surface area contributed by atoms with Gasteiger partial charge >= 0.3 is 0 Å². The second kappa shape index (κ2) is 8.51. The summed E-state index contributed by atoms with van der Waals surface area (Å²) in [6.45, 7) is 7.09. The zero-order valence-corrected chi connectivity index (χ0v) is 18.2. The SMILES string of the molecule is C/C(=N\NS(=O)(=O)c1cc(Cl)ccc1Cl)c1cccc(NC(=O)C(C)(C)C)c1. The molecule has 28 heavy (non-hydrogen) atoms. The van der Waals surface area contributed by atoms with Crippen LogP contribution in [0.15, 0.2) is 52.5 Å². The predicted molar refractivity (Wildman–Crippen MR) is 114 cm³/mol. The smallest absolute Gasteiger partial charge is 0.278 e. The lowest BCUT2D eigenvalue weighted by molar-refractivity contribution is -0.123. The molecular weight excluding hydrogens is 421 g/mol. The Morgan fingerprint density at radius 3 is 2.39 bits per heavy atom. The van der Waals surface area contributed by atoms with Gasteiger partial charge in [-0.25, -0.2) is 0 Å². The first-order chi connectivity index (χ1) is 12.9.